The number of hydrogen-bond donors (Lipinski definition) is 1. The molecule has 0 bridgehead atoms. The van der Waals surface area contributed by atoms with Crippen molar-refractivity contribution in [3.63, 3.8) is 0 Å². The largest absolute Gasteiger partial charge is 0.490 e. The van der Waals surface area contributed by atoms with E-state index in [1.165, 1.54) is 11.1 Å². The van der Waals surface area contributed by atoms with Crippen molar-refractivity contribution >= 4 is 23.2 Å². The lowest BCUT2D eigenvalue weighted by molar-refractivity contribution is -0.192. The summed E-state index contributed by atoms with van der Waals surface area (Å²) in [4.78, 5) is 31.3. The topological polar surface area (TPSA) is 78.7 Å². The number of aliphatic carboxylic acids is 1. The average Bonchev–Trinajstić information content (AvgIpc) is 3.56. The number of carboxylic acid groups (broad SMARTS) is 1. The molecule has 36 heavy (non-hydrogen) atoms. The Morgan fingerprint density at radius 3 is 2.33 bits per heavy atom. The Morgan fingerprint density at radius 1 is 1.11 bits per heavy atom. The van der Waals surface area contributed by atoms with E-state index in [9.17, 15) is 18.0 Å². The predicted molar refractivity (Wildman–Crippen MR) is 129 cm³/mol. The zero-order valence-corrected chi connectivity index (χ0v) is 20.7. The highest BCUT2D eigenvalue weighted by Crippen LogP contribution is 2.35. The lowest BCUT2D eigenvalue weighted by atomic mass is 10.1. The van der Waals surface area contributed by atoms with Gasteiger partial charge in [-0.05, 0) is 36.6 Å². The van der Waals surface area contributed by atoms with E-state index in [0.29, 0.717) is 12.6 Å². The van der Waals surface area contributed by atoms with Crippen LogP contribution in [0, 0.1) is 6.92 Å². The van der Waals surface area contributed by atoms with E-state index in [1.807, 2.05) is 19.1 Å². The van der Waals surface area contributed by atoms with E-state index in [4.69, 9.17) is 9.90 Å². The molecule has 2 aromatic heterocycles. The number of carbonyl (C=O) groups excluding carboxylic acids is 1. The smallest absolute Gasteiger partial charge is 0.475 e. The molecule has 1 amide bonds. The Labute approximate surface area is 210 Å². The second-order valence-corrected chi connectivity index (χ2v) is 9.96. The minimum absolute atomic E-state index is 0.121. The van der Waals surface area contributed by atoms with Gasteiger partial charge in [0.15, 0.2) is 0 Å². The maximum absolute atomic E-state index is 13.2. The summed E-state index contributed by atoms with van der Waals surface area (Å²) < 4.78 is 33.9. The number of carbonyl (C=O) groups is 2. The lowest BCUT2D eigenvalue weighted by Gasteiger charge is -2.38. The fourth-order valence-electron chi connectivity index (χ4n) is 4.70. The number of amides is 1. The standard InChI is InChI=1S/C23H26N4OS.C2HF3O2/c1-3-17-6-8-18(9-7-17)11-25-13-21-22(14-25)27(12-19-15-29-16(2)24-19)23(28)20-5-4-10-26(20)21;3-2(4,5)1(6)7/h4-10,15,21-22H,3,11-14H2,1-2H3;(H,6,7). The van der Waals surface area contributed by atoms with Gasteiger partial charge in [0.1, 0.15) is 5.69 Å². The molecule has 0 radical (unpaired) electrons. The second kappa shape index (κ2) is 10.4. The van der Waals surface area contributed by atoms with Crippen LogP contribution < -0.4 is 0 Å². The molecule has 2 aliphatic heterocycles. The number of fused-ring (bicyclic) bond motifs is 3. The minimum Gasteiger partial charge on any atom is -0.475 e. The molecule has 7 nitrogen and oxygen atoms in total. The lowest BCUT2D eigenvalue weighted by Crippen LogP contribution is -2.49. The minimum atomic E-state index is -5.08. The summed E-state index contributed by atoms with van der Waals surface area (Å²) in [6, 6.07) is 13.3. The van der Waals surface area contributed by atoms with Gasteiger partial charge in [-0.1, -0.05) is 31.2 Å². The van der Waals surface area contributed by atoms with Gasteiger partial charge in [0, 0.05) is 31.2 Å². The molecule has 1 fully saturated rings. The third-order valence-corrected chi connectivity index (χ3v) is 7.25. The van der Waals surface area contributed by atoms with Crippen LogP contribution in [0.1, 0.15) is 45.3 Å². The molecule has 1 N–H and O–H groups in total. The van der Waals surface area contributed by atoms with E-state index in [-0.39, 0.29) is 11.9 Å². The molecule has 0 saturated carbocycles. The van der Waals surface area contributed by atoms with Crippen molar-refractivity contribution in [2.24, 2.45) is 0 Å². The summed E-state index contributed by atoms with van der Waals surface area (Å²) in [6.45, 7) is 7.57. The first kappa shape index (κ1) is 25.9. The zero-order valence-electron chi connectivity index (χ0n) is 19.9. The van der Waals surface area contributed by atoms with Crippen LogP contribution in [0.4, 0.5) is 13.2 Å². The van der Waals surface area contributed by atoms with Gasteiger partial charge in [-0.3, -0.25) is 9.69 Å². The van der Waals surface area contributed by atoms with Crippen molar-refractivity contribution < 1.29 is 27.9 Å². The number of likely N-dealkylation sites (tertiary alicyclic amines) is 1. The summed E-state index contributed by atoms with van der Waals surface area (Å²) in [6.07, 6.45) is -1.95. The van der Waals surface area contributed by atoms with Gasteiger partial charge in [-0.25, -0.2) is 9.78 Å². The van der Waals surface area contributed by atoms with Crippen molar-refractivity contribution in [1.82, 2.24) is 19.4 Å². The average molecular weight is 521 g/mol. The quantitative estimate of drug-likeness (QED) is 0.535. The van der Waals surface area contributed by atoms with E-state index >= 15 is 0 Å². The normalized spacial score (nSPS) is 19.5. The Balaban J connectivity index is 0.000000384. The number of rotatable bonds is 5. The van der Waals surface area contributed by atoms with Crippen LogP contribution in [0.3, 0.4) is 0 Å². The van der Waals surface area contributed by atoms with Gasteiger partial charge in [0.05, 0.1) is 29.3 Å². The number of aryl methyl sites for hydroxylation is 2. The first-order chi connectivity index (χ1) is 17.1. The third-order valence-electron chi connectivity index (χ3n) is 6.43. The molecule has 2 unspecified atom stereocenters. The number of carboxylic acids is 1. The predicted octanol–water partition coefficient (Wildman–Crippen LogP) is 4.53. The highest BCUT2D eigenvalue weighted by molar-refractivity contribution is 7.09. The monoisotopic (exact) mass is 520 g/mol. The summed E-state index contributed by atoms with van der Waals surface area (Å²) in [5, 5.41) is 10.3. The van der Waals surface area contributed by atoms with E-state index in [2.05, 4.69) is 62.1 Å². The summed E-state index contributed by atoms with van der Waals surface area (Å²) >= 11 is 1.65. The highest BCUT2D eigenvalue weighted by atomic mass is 32.1. The zero-order chi connectivity index (χ0) is 26.0. The molecule has 0 aliphatic carbocycles. The summed E-state index contributed by atoms with van der Waals surface area (Å²) in [5.41, 5.74) is 4.50. The van der Waals surface area contributed by atoms with Gasteiger partial charge < -0.3 is 14.6 Å². The number of hydrogen-bond acceptors (Lipinski definition) is 5. The second-order valence-electron chi connectivity index (χ2n) is 8.89. The van der Waals surface area contributed by atoms with Gasteiger partial charge in [-0.2, -0.15) is 13.2 Å². The Hall–Kier alpha value is -3.18. The molecule has 1 aromatic carbocycles. The van der Waals surface area contributed by atoms with Gasteiger partial charge >= 0.3 is 12.1 Å². The highest BCUT2D eigenvalue weighted by Gasteiger charge is 2.45. The van der Waals surface area contributed by atoms with Crippen LogP contribution in [0.5, 0.6) is 0 Å². The molecule has 3 aromatic rings. The molecular weight excluding hydrogens is 493 g/mol. The van der Waals surface area contributed by atoms with Crippen LogP contribution in [0.15, 0.2) is 48.0 Å². The maximum Gasteiger partial charge on any atom is 0.490 e. The van der Waals surface area contributed by atoms with Crippen molar-refractivity contribution in [3.8, 4) is 0 Å². The molecule has 4 heterocycles. The van der Waals surface area contributed by atoms with Gasteiger partial charge in [-0.15, -0.1) is 11.3 Å². The third kappa shape index (κ3) is 5.62. The number of aromatic nitrogens is 2. The number of nitrogens with zero attached hydrogens (tertiary/aromatic N) is 4. The van der Waals surface area contributed by atoms with Gasteiger partial charge in [0.2, 0.25) is 0 Å². The number of halogens is 3. The number of benzene rings is 1. The van der Waals surface area contributed by atoms with Crippen molar-refractivity contribution in [1.29, 1.82) is 0 Å². The van der Waals surface area contributed by atoms with Gasteiger partial charge in [0.25, 0.3) is 5.91 Å². The van der Waals surface area contributed by atoms with E-state index in [0.717, 1.165) is 42.5 Å². The fraction of sp³-hybridized carbons (Fsp3) is 0.400. The molecule has 5 rings (SSSR count). The molecule has 1 saturated heterocycles. The van der Waals surface area contributed by atoms with Crippen LogP contribution in [-0.4, -0.2) is 61.6 Å². The molecule has 11 heteroatoms. The maximum atomic E-state index is 13.2. The SMILES string of the molecule is CCc1ccc(CN2CC3C(C2)n2cccc2C(=O)N3Cc2csc(C)n2)cc1.O=C(O)C(F)(F)F. The molecule has 0 spiro atoms. The molecular formula is C25H27F3N4O3S. The summed E-state index contributed by atoms with van der Waals surface area (Å²) in [5.74, 6) is -2.64. The Kier molecular flexibility index (Phi) is 7.51. The van der Waals surface area contributed by atoms with Crippen LogP contribution in [0.2, 0.25) is 0 Å². The first-order valence-corrected chi connectivity index (χ1v) is 12.4. The van der Waals surface area contributed by atoms with Crippen molar-refractivity contribution in [2.75, 3.05) is 13.1 Å². The molecule has 2 atom stereocenters. The van der Waals surface area contributed by atoms with E-state index < -0.39 is 12.1 Å². The first-order valence-electron chi connectivity index (χ1n) is 11.6. The van der Waals surface area contributed by atoms with E-state index in [1.54, 1.807) is 11.3 Å². The Bertz CT molecular complexity index is 1220. The van der Waals surface area contributed by atoms with Crippen LogP contribution in [0.25, 0.3) is 0 Å². The number of alkyl halides is 3. The fourth-order valence-corrected chi connectivity index (χ4v) is 5.30. The van der Waals surface area contributed by atoms with Crippen molar-refractivity contribution in [3.05, 3.63) is 75.5 Å². The number of thiazole rings is 1. The summed E-state index contributed by atoms with van der Waals surface area (Å²) in [7, 11) is 0. The molecule has 2 aliphatic rings. The molecule has 192 valence electrons. The Morgan fingerprint density at radius 2 is 1.75 bits per heavy atom. The van der Waals surface area contributed by atoms with Crippen molar-refractivity contribution in [2.45, 2.75) is 51.6 Å². The van der Waals surface area contributed by atoms with Crippen LogP contribution >= 0.6 is 11.3 Å². The van der Waals surface area contributed by atoms with Crippen LogP contribution in [-0.2, 0) is 24.3 Å².